The highest BCUT2D eigenvalue weighted by atomic mass is 19.4. The number of ether oxygens (including phenoxy) is 1. The lowest BCUT2D eigenvalue weighted by atomic mass is 9.98. The molecule has 3 aliphatic heterocycles. The van der Waals surface area contributed by atoms with Crippen molar-refractivity contribution in [2.75, 3.05) is 19.7 Å². The summed E-state index contributed by atoms with van der Waals surface area (Å²) in [6.07, 6.45) is -1.81. The van der Waals surface area contributed by atoms with E-state index >= 15 is 0 Å². The summed E-state index contributed by atoms with van der Waals surface area (Å²) in [5, 5.41) is 8.59. The summed E-state index contributed by atoms with van der Waals surface area (Å²) in [6.45, 7) is 3.05. The second-order valence-corrected chi connectivity index (χ2v) is 7.62. The fourth-order valence-electron chi connectivity index (χ4n) is 4.00. The lowest BCUT2D eigenvalue weighted by Gasteiger charge is -2.36. The molecule has 7 nitrogen and oxygen atoms in total. The number of carbonyl (C=O) groups is 2. The number of alkyl halides is 3. The van der Waals surface area contributed by atoms with Crippen LogP contribution in [0.15, 0.2) is 24.3 Å². The Kier molecular flexibility index (Phi) is 7.50. The SMILES string of the molecule is O=C(O)C(F)(F)F.O=C([C@@H]1CC[C@@H]2[C@@H](CCN2Cc2ccc(F)cc2)O1)N1CCCO1. The lowest BCUT2D eigenvalue weighted by molar-refractivity contribution is -0.192. The van der Waals surface area contributed by atoms with Gasteiger partial charge in [0.1, 0.15) is 11.9 Å². The zero-order valence-corrected chi connectivity index (χ0v) is 16.7. The van der Waals surface area contributed by atoms with Gasteiger partial charge in [-0.1, -0.05) is 12.1 Å². The molecule has 0 bridgehead atoms. The summed E-state index contributed by atoms with van der Waals surface area (Å²) in [5.41, 5.74) is 1.11. The molecule has 1 amide bonds. The summed E-state index contributed by atoms with van der Waals surface area (Å²) in [4.78, 5) is 29.1. The Balaban J connectivity index is 0.000000339. The number of amides is 1. The molecule has 0 spiro atoms. The van der Waals surface area contributed by atoms with E-state index in [1.807, 2.05) is 12.1 Å². The molecule has 0 radical (unpaired) electrons. The van der Waals surface area contributed by atoms with Crippen LogP contribution < -0.4 is 0 Å². The Labute approximate surface area is 176 Å². The van der Waals surface area contributed by atoms with E-state index in [9.17, 15) is 22.4 Å². The topological polar surface area (TPSA) is 79.3 Å². The second-order valence-electron chi connectivity index (χ2n) is 7.62. The Morgan fingerprint density at radius 2 is 1.77 bits per heavy atom. The molecule has 172 valence electrons. The molecular weight excluding hydrogens is 424 g/mol. The van der Waals surface area contributed by atoms with Gasteiger partial charge in [-0.15, -0.1) is 0 Å². The number of nitrogens with zero attached hydrogens (tertiary/aromatic N) is 2. The first-order chi connectivity index (χ1) is 14.6. The van der Waals surface area contributed by atoms with Crippen LogP contribution in [0.5, 0.6) is 0 Å². The lowest BCUT2D eigenvalue weighted by Crippen LogP contribution is -2.48. The maximum Gasteiger partial charge on any atom is 0.490 e. The third-order valence-corrected chi connectivity index (χ3v) is 5.48. The number of halogens is 4. The number of rotatable bonds is 3. The van der Waals surface area contributed by atoms with Crippen LogP contribution in [0, 0.1) is 5.82 Å². The number of hydrogen-bond acceptors (Lipinski definition) is 5. The van der Waals surface area contributed by atoms with Gasteiger partial charge < -0.3 is 9.84 Å². The molecule has 1 aromatic carbocycles. The molecule has 3 aliphatic rings. The molecule has 0 saturated carbocycles. The number of carbonyl (C=O) groups excluding carboxylic acids is 1. The smallest absolute Gasteiger partial charge is 0.475 e. The fraction of sp³-hybridized carbons (Fsp3) is 0.600. The van der Waals surface area contributed by atoms with Crippen LogP contribution in [0.3, 0.4) is 0 Å². The third-order valence-electron chi connectivity index (χ3n) is 5.48. The Bertz CT molecular complexity index is 768. The summed E-state index contributed by atoms with van der Waals surface area (Å²) < 4.78 is 50.9. The van der Waals surface area contributed by atoms with Gasteiger partial charge in [0.2, 0.25) is 0 Å². The maximum absolute atomic E-state index is 13.0. The van der Waals surface area contributed by atoms with E-state index < -0.39 is 12.1 Å². The number of likely N-dealkylation sites (tertiary alicyclic amines) is 1. The minimum absolute atomic E-state index is 0.0251. The van der Waals surface area contributed by atoms with Gasteiger partial charge in [0.15, 0.2) is 0 Å². The number of carboxylic acid groups (broad SMARTS) is 1. The molecule has 3 saturated heterocycles. The van der Waals surface area contributed by atoms with Crippen molar-refractivity contribution in [1.82, 2.24) is 9.96 Å². The van der Waals surface area contributed by atoms with Crippen molar-refractivity contribution in [1.29, 1.82) is 0 Å². The molecule has 0 unspecified atom stereocenters. The molecule has 1 N–H and O–H groups in total. The minimum atomic E-state index is -5.08. The van der Waals surface area contributed by atoms with Crippen molar-refractivity contribution < 1.29 is 41.8 Å². The average molecular weight is 448 g/mol. The quantitative estimate of drug-likeness (QED) is 0.717. The first kappa shape index (κ1) is 23.4. The summed E-state index contributed by atoms with van der Waals surface area (Å²) in [7, 11) is 0. The highest BCUT2D eigenvalue weighted by Crippen LogP contribution is 2.33. The number of benzene rings is 1. The Morgan fingerprint density at radius 3 is 2.35 bits per heavy atom. The van der Waals surface area contributed by atoms with Gasteiger partial charge in [-0.25, -0.2) is 14.2 Å². The molecule has 4 rings (SSSR count). The highest BCUT2D eigenvalue weighted by molar-refractivity contribution is 5.80. The molecule has 0 aromatic heterocycles. The predicted octanol–water partition coefficient (Wildman–Crippen LogP) is 2.74. The molecule has 0 aliphatic carbocycles. The van der Waals surface area contributed by atoms with E-state index in [2.05, 4.69) is 4.90 Å². The van der Waals surface area contributed by atoms with Gasteiger partial charge in [0, 0.05) is 19.1 Å². The molecule has 31 heavy (non-hydrogen) atoms. The largest absolute Gasteiger partial charge is 0.490 e. The van der Waals surface area contributed by atoms with Crippen LogP contribution in [-0.4, -0.2) is 71.1 Å². The van der Waals surface area contributed by atoms with Gasteiger partial charge in [-0.3, -0.25) is 14.5 Å². The van der Waals surface area contributed by atoms with Crippen molar-refractivity contribution >= 4 is 11.9 Å². The number of hydroxylamine groups is 2. The summed E-state index contributed by atoms with van der Waals surface area (Å²) in [6, 6.07) is 7.03. The normalized spacial score (nSPS) is 26.2. The van der Waals surface area contributed by atoms with Crippen LogP contribution in [0.4, 0.5) is 17.6 Å². The van der Waals surface area contributed by atoms with Gasteiger partial charge in [0.05, 0.1) is 19.3 Å². The van der Waals surface area contributed by atoms with Gasteiger partial charge in [-0.2, -0.15) is 13.2 Å². The van der Waals surface area contributed by atoms with Crippen LogP contribution in [-0.2, 0) is 25.7 Å². The first-order valence-corrected chi connectivity index (χ1v) is 10.0. The second kappa shape index (κ2) is 9.92. The van der Waals surface area contributed by atoms with Crippen molar-refractivity contribution in [3.63, 3.8) is 0 Å². The number of fused-ring (bicyclic) bond motifs is 1. The highest BCUT2D eigenvalue weighted by Gasteiger charge is 2.43. The van der Waals surface area contributed by atoms with E-state index in [-0.39, 0.29) is 23.9 Å². The van der Waals surface area contributed by atoms with Crippen LogP contribution in [0.25, 0.3) is 0 Å². The van der Waals surface area contributed by atoms with E-state index in [4.69, 9.17) is 19.5 Å². The molecule has 3 atom stereocenters. The predicted molar refractivity (Wildman–Crippen MR) is 99.1 cm³/mol. The first-order valence-electron chi connectivity index (χ1n) is 10.0. The number of aliphatic carboxylic acids is 1. The van der Waals surface area contributed by atoms with Crippen LogP contribution >= 0.6 is 0 Å². The summed E-state index contributed by atoms with van der Waals surface area (Å²) >= 11 is 0. The zero-order chi connectivity index (χ0) is 22.6. The van der Waals surface area contributed by atoms with Crippen LogP contribution in [0.2, 0.25) is 0 Å². The number of hydrogen-bond donors (Lipinski definition) is 1. The Morgan fingerprint density at radius 1 is 1.10 bits per heavy atom. The fourth-order valence-corrected chi connectivity index (χ4v) is 4.00. The average Bonchev–Trinajstić information content (AvgIpc) is 3.39. The molecule has 3 fully saturated rings. The van der Waals surface area contributed by atoms with E-state index in [0.717, 1.165) is 44.3 Å². The van der Waals surface area contributed by atoms with Gasteiger partial charge in [0.25, 0.3) is 5.91 Å². The van der Waals surface area contributed by atoms with Crippen molar-refractivity contribution in [2.45, 2.75) is 56.7 Å². The van der Waals surface area contributed by atoms with E-state index in [0.29, 0.717) is 19.2 Å². The van der Waals surface area contributed by atoms with Crippen molar-refractivity contribution in [3.05, 3.63) is 35.6 Å². The molecule has 11 heteroatoms. The standard InChI is InChI=1S/C18H23FN2O3.C2HF3O2/c19-14-4-2-13(3-5-14)12-20-10-8-16-15(20)6-7-17(24-16)18(22)21-9-1-11-23-21;3-2(4,5)1(6)7/h2-5,15-17H,1,6-12H2;(H,6,7)/t15-,16-,17+;/m1./s1. The van der Waals surface area contributed by atoms with Crippen molar-refractivity contribution in [2.24, 2.45) is 0 Å². The molecular formula is C20H24F4N2O5. The molecule has 3 heterocycles. The van der Waals surface area contributed by atoms with E-state index in [1.54, 1.807) is 0 Å². The monoisotopic (exact) mass is 448 g/mol. The third kappa shape index (κ3) is 6.14. The minimum Gasteiger partial charge on any atom is -0.475 e. The summed E-state index contributed by atoms with van der Waals surface area (Å²) in [5.74, 6) is -2.99. The van der Waals surface area contributed by atoms with Crippen molar-refractivity contribution in [3.8, 4) is 0 Å². The molecule has 1 aromatic rings. The number of carboxylic acids is 1. The zero-order valence-electron chi connectivity index (χ0n) is 16.7. The van der Waals surface area contributed by atoms with Gasteiger partial charge in [-0.05, 0) is 43.4 Å². The maximum atomic E-state index is 13.0. The van der Waals surface area contributed by atoms with Gasteiger partial charge >= 0.3 is 12.1 Å². The van der Waals surface area contributed by atoms with E-state index in [1.165, 1.54) is 17.2 Å². The Hall–Kier alpha value is -2.24. The van der Waals surface area contributed by atoms with Crippen LogP contribution in [0.1, 0.15) is 31.2 Å².